The van der Waals surface area contributed by atoms with Crippen LogP contribution in [0.25, 0.3) is 0 Å². The van der Waals surface area contributed by atoms with Crippen LogP contribution < -0.4 is 10.9 Å². The van der Waals surface area contributed by atoms with Crippen LogP contribution in [0.1, 0.15) is 50.9 Å². The van der Waals surface area contributed by atoms with Gasteiger partial charge in [0.15, 0.2) is 0 Å². The lowest BCUT2D eigenvalue weighted by molar-refractivity contribution is 0.0936. The van der Waals surface area contributed by atoms with Crippen LogP contribution in [0.3, 0.4) is 0 Å². The second-order valence-electron chi connectivity index (χ2n) is 6.84. The monoisotopic (exact) mass is 379 g/mol. The van der Waals surface area contributed by atoms with Crippen molar-refractivity contribution in [2.45, 2.75) is 31.7 Å². The van der Waals surface area contributed by atoms with E-state index < -0.39 is 0 Å². The lowest BCUT2D eigenvalue weighted by Crippen LogP contribution is -2.31. The third-order valence-corrected chi connectivity index (χ3v) is 5.94. The summed E-state index contributed by atoms with van der Waals surface area (Å²) in [6, 6.07) is 13.2. The Morgan fingerprint density at radius 3 is 2.70 bits per heavy atom. The molecule has 6 heteroatoms. The van der Waals surface area contributed by atoms with Crippen molar-refractivity contribution in [3.05, 3.63) is 85.5 Å². The summed E-state index contributed by atoms with van der Waals surface area (Å²) in [5.74, 6) is -0.290. The molecule has 138 valence electrons. The number of hydrogen-bond acceptors (Lipinski definition) is 4. The molecule has 0 aliphatic heterocycles. The average Bonchev–Trinajstić information content (AvgIpc) is 3.22. The number of amides is 1. The molecular formula is C21H21N3O2S. The number of aromatic nitrogens is 2. The van der Waals surface area contributed by atoms with Crippen LogP contribution in [0.2, 0.25) is 0 Å². The van der Waals surface area contributed by atoms with Crippen LogP contribution in [0.4, 0.5) is 0 Å². The number of carbonyl (C=O) groups excluding carboxylic acids is 1. The summed E-state index contributed by atoms with van der Waals surface area (Å²) in [4.78, 5) is 25.4. The van der Waals surface area contributed by atoms with E-state index in [-0.39, 0.29) is 23.2 Å². The fraction of sp³-hybridized carbons (Fsp3) is 0.286. The topological polar surface area (TPSA) is 64.0 Å². The van der Waals surface area contributed by atoms with E-state index in [1.54, 1.807) is 18.4 Å². The predicted molar refractivity (Wildman–Crippen MR) is 106 cm³/mol. The number of carbonyl (C=O) groups is 1. The normalized spacial score (nSPS) is 14.4. The van der Waals surface area contributed by atoms with E-state index in [0.29, 0.717) is 0 Å². The highest BCUT2D eigenvalue weighted by atomic mass is 32.1. The molecule has 1 aromatic carbocycles. The van der Waals surface area contributed by atoms with Crippen LogP contribution in [0, 0.1) is 0 Å². The van der Waals surface area contributed by atoms with E-state index in [2.05, 4.69) is 28.6 Å². The summed E-state index contributed by atoms with van der Waals surface area (Å²) in [6.45, 7) is 0. The molecule has 1 unspecified atom stereocenters. The van der Waals surface area contributed by atoms with Crippen molar-refractivity contribution in [2.75, 3.05) is 0 Å². The molecule has 0 fully saturated rings. The molecule has 0 saturated heterocycles. The van der Waals surface area contributed by atoms with Crippen molar-refractivity contribution < 1.29 is 4.79 Å². The quantitative estimate of drug-likeness (QED) is 0.757. The van der Waals surface area contributed by atoms with Gasteiger partial charge in [0.1, 0.15) is 5.69 Å². The molecular weight excluding hydrogens is 358 g/mol. The first-order valence-electron chi connectivity index (χ1n) is 9.12. The molecule has 1 amide bonds. The van der Waals surface area contributed by atoms with Crippen molar-refractivity contribution >= 4 is 17.2 Å². The molecule has 2 aromatic heterocycles. The molecule has 1 N–H and O–H groups in total. The second kappa shape index (κ2) is 7.48. The van der Waals surface area contributed by atoms with Crippen LogP contribution in [-0.4, -0.2) is 15.7 Å². The number of nitrogens with zero attached hydrogens (tertiary/aromatic N) is 2. The van der Waals surface area contributed by atoms with Crippen LogP contribution in [0.5, 0.6) is 0 Å². The highest BCUT2D eigenvalue weighted by molar-refractivity contribution is 7.10. The third kappa shape index (κ3) is 3.71. The maximum atomic E-state index is 12.8. The Labute approximate surface area is 161 Å². The number of nitrogens with one attached hydrogen (secondary N) is 1. The zero-order valence-electron chi connectivity index (χ0n) is 15.1. The maximum absolute atomic E-state index is 12.8. The molecule has 2 heterocycles. The van der Waals surface area contributed by atoms with Crippen molar-refractivity contribution in [3.63, 3.8) is 0 Å². The number of thiophene rings is 1. The summed E-state index contributed by atoms with van der Waals surface area (Å²) < 4.78 is 1.17. The fourth-order valence-electron chi connectivity index (χ4n) is 3.54. The highest BCUT2D eigenvalue weighted by Crippen LogP contribution is 2.30. The minimum absolute atomic E-state index is 0.233. The molecule has 3 aromatic rings. The minimum Gasteiger partial charge on any atom is -0.339 e. The summed E-state index contributed by atoms with van der Waals surface area (Å²) >= 11 is 1.62. The first kappa shape index (κ1) is 17.7. The van der Waals surface area contributed by atoms with E-state index in [1.165, 1.54) is 40.8 Å². The first-order valence-corrected chi connectivity index (χ1v) is 10.00. The third-order valence-electron chi connectivity index (χ3n) is 5.00. The maximum Gasteiger partial charge on any atom is 0.272 e. The van der Waals surface area contributed by atoms with E-state index in [1.807, 2.05) is 17.5 Å². The molecule has 1 aliphatic rings. The minimum atomic E-state index is -0.290. The van der Waals surface area contributed by atoms with Gasteiger partial charge in [0.25, 0.3) is 11.5 Å². The van der Waals surface area contributed by atoms with Gasteiger partial charge in [-0.15, -0.1) is 11.3 Å². The summed E-state index contributed by atoms with van der Waals surface area (Å²) in [7, 11) is 1.54. The predicted octanol–water partition coefficient (Wildman–Crippen LogP) is 3.24. The molecule has 1 atom stereocenters. The Bertz CT molecular complexity index is 1020. The van der Waals surface area contributed by atoms with E-state index >= 15 is 0 Å². The van der Waals surface area contributed by atoms with Gasteiger partial charge in [-0.25, -0.2) is 4.68 Å². The van der Waals surface area contributed by atoms with Gasteiger partial charge in [0, 0.05) is 18.0 Å². The van der Waals surface area contributed by atoms with Crippen molar-refractivity contribution in [3.8, 4) is 0 Å². The summed E-state index contributed by atoms with van der Waals surface area (Å²) in [5, 5.41) is 9.18. The molecule has 27 heavy (non-hydrogen) atoms. The lowest BCUT2D eigenvalue weighted by Gasteiger charge is -2.22. The zero-order chi connectivity index (χ0) is 18.8. The SMILES string of the molecule is Cn1nc(C(=O)NC(c2ccc3c(c2)CCCC3)c2cccs2)ccc1=O. The number of fused-ring (bicyclic) bond motifs is 1. The van der Waals surface area contributed by atoms with E-state index in [9.17, 15) is 9.59 Å². The first-order chi connectivity index (χ1) is 13.1. The highest BCUT2D eigenvalue weighted by Gasteiger charge is 2.21. The second-order valence-corrected chi connectivity index (χ2v) is 7.82. The van der Waals surface area contributed by atoms with E-state index in [4.69, 9.17) is 0 Å². The lowest BCUT2D eigenvalue weighted by atomic mass is 9.89. The standard InChI is InChI=1S/C21H21N3O2S/c1-24-19(25)11-10-17(23-24)21(26)22-20(18-7-4-12-27-18)16-9-8-14-5-2-3-6-15(14)13-16/h4,7-13,20H,2-3,5-6H2,1H3,(H,22,26). The molecule has 0 spiro atoms. The van der Waals surface area contributed by atoms with Gasteiger partial charge in [-0.3, -0.25) is 9.59 Å². The van der Waals surface area contributed by atoms with Crippen molar-refractivity contribution in [2.24, 2.45) is 7.05 Å². The van der Waals surface area contributed by atoms with Gasteiger partial charge in [0.05, 0.1) is 6.04 Å². The van der Waals surface area contributed by atoms with Crippen molar-refractivity contribution in [1.29, 1.82) is 0 Å². The number of aryl methyl sites for hydroxylation is 3. The number of benzene rings is 1. The van der Waals surface area contributed by atoms with Crippen LogP contribution in [-0.2, 0) is 19.9 Å². The Hall–Kier alpha value is -2.73. The smallest absolute Gasteiger partial charge is 0.272 e. The molecule has 0 bridgehead atoms. The zero-order valence-corrected chi connectivity index (χ0v) is 16.0. The van der Waals surface area contributed by atoms with Crippen LogP contribution >= 0.6 is 11.3 Å². The van der Waals surface area contributed by atoms with Crippen LogP contribution in [0.15, 0.2) is 52.6 Å². The molecule has 1 aliphatic carbocycles. The van der Waals surface area contributed by atoms with Gasteiger partial charge in [-0.2, -0.15) is 5.10 Å². The van der Waals surface area contributed by atoms with Gasteiger partial charge in [0.2, 0.25) is 0 Å². The number of hydrogen-bond donors (Lipinski definition) is 1. The van der Waals surface area contributed by atoms with Gasteiger partial charge >= 0.3 is 0 Å². The number of rotatable bonds is 4. The average molecular weight is 379 g/mol. The Kier molecular flexibility index (Phi) is 4.90. The van der Waals surface area contributed by atoms with E-state index in [0.717, 1.165) is 23.3 Å². The molecule has 0 radical (unpaired) electrons. The van der Waals surface area contributed by atoms with Gasteiger partial charge < -0.3 is 5.32 Å². The summed E-state index contributed by atoms with van der Waals surface area (Å²) in [5.41, 5.74) is 3.87. The summed E-state index contributed by atoms with van der Waals surface area (Å²) in [6.07, 6.45) is 4.69. The Morgan fingerprint density at radius 2 is 1.96 bits per heavy atom. The molecule has 4 rings (SSSR count). The van der Waals surface area contributed by atoms with Gasteiger partial charge in [-0.1, -0.05) is 24.3 Å². The Balaban J connectivity index is 1.67. The largest absolute Gasteiger partial charge is 0.339 e. The molecule has 0 saturated carbocycles. The van der Waals surface area contributed by atoms with Gasteiger partial charge in [-0.05, 0) is 59.9 Å². The fourth-order valence-corrected chi connectivity index (χ4v) is 4.34. The van der Waals surface area contributed by atoms with Crippen molar-refractivity contribution in [1.82, 2.24) is 15.1 Å². The Morgan fingerprint density at radius 1 is 1.15 bits per heavy atom. The molecule has 5 nitrogen and oxygen atoms in total.